The lowest BCUT2D eigenvalue weighted by atomic mass is 10.1. The number of benzene rings is 2. The highest BCUT2D eigenvalue weighted by atomic mass is 16.1. The molecule has 0 heterocycles. The van der Waals surface area contributed by atoms with Crippen molar-refractivity contribution < 1.29 is 4.79 Å². The molecule has 0 aliphatic rings. The van der Waals surface area contributed by atoms with Gasteiger partial charge >= 0.3 is 0 Å². The number of carbonyl (C=O) groups is 1. The Morgan fingerprint density at radius 2 is 1.65 bits per heavy atom. The number of hydrogen-bond donors (Lipinski definition) is 1. The van der Waals surface area contributed by atoms with Gasteiger partial charge in [0.2, 0.25) is 0 Å². The topological polar surface area (TPSA) is 29.1 Å². The summed E-state index contributed by atoms with van der Waals surface area (Å²) >= 11 is 0. The SMILES string of the molecule is C[C@@H](C#Cc1ccccc1)CNC(=O)c1ccccc1. The summed E-state index contributed by atoms with van der Waals surface area (Å²) in [6.45, 7) is 2.55. The second-order valence-corrected chi connectivity index (χ2v) is 4.61. The highest BCUT2D eigenvalue weighted by molar-refractivity contribution is 5.94. The molecule has 0 saturated carbocycles. The highest BCUT2D eigenvalue weighted by Crippen LogP contribution is 2.00. The van der Waals surface area contributed by atoms with E-state index in [4.69, 9.17) is 0 Å². The summed E-state index contributed by atoms with van der Waals surface area (Å²) in [6, 6.07) is 19.0. The Morgan fingerprint density at radius 3 is 2.30 bits per heavy atom. The van der Waals surface area contributed by atoms with Crippen LogP contribution in [0.25, 0.3) is 0 Å². The third-order valence-corrected chi connectivity index (χ3v) is 2.84. The summed E-state index contributed by atoms with van der Waals surface area (Å²) in [4.78, 5) is 11.9. The van der Waals surface area contributed by atoms with Gasteiger partial charge < -0.3 is 5.32 Å². The Kier molecular flexibility index (Phi) is 4.97. The molecule has 1 N–H and O–H groups in total. The van der Waals surface area contributed by atoms with Gasteiger partial charge in [0.1, 0.15) is 0 Å². The molecule has 2 aromatic rings. The van der Waals surface area contributed by atoms with Crippen LogP contribution in [-0.2, 0) is 0 Å². The molecule has 0 bridgehead atoms. The van der Waals surface area contributed by atoms with Gasteiger partial charge in [0.05, 0.1) is 0 Å². The normalized spacial score (nSPS) is 11.1. The molecule has 0 aliphatic carbocycles. The van der Waals surface area contributed by atoms with Gasteiger partial charge in [-0.1, -0.05) is 48.2 Å². The minimum absolute atomic E-state index is 0.0565. The molecule has 0 unspecified atom stereocenters. The van der Waals surface area contributed by atoms with Crippen molar-refractivity contribution >= 4 is 5.91 Å². The van der Waals surface area contributed by atoms with Gasteiger partial charge in [0.15, 0.2) is 0 Å². The number of rotatable bonds is 3. The smallest absolute Gasteiger partial charge is 0.251 e. The molecular formula is C18H17NO. The molecule has 1 amide bonds. The van der Waals surface area contributed by atoms with Crippen molar-refractivity contribution in [2.24, 2.45) is 5.92 Å². The largest absolute Gasteiger partial charge is 0.351 e. The van der Waals surface area contributed by atoms with E-state index in [1.54, 1.807) is 12.1 Å². The lowest BCUT2D eigenvalue weighted by molar-refractivity contribution is 0.0951. The fraction of sp³-hybridized carbons (Fsp3) is 0.167. The van der Waals surface area contributed by atoms with E-state index in [-0.39, 0.29) is 11.8 Å². The van der Waals surface area contributed by atoms with E-state index >= 15 is 0 Å². The maximum atomic E-state index is 11.9. The molecule has 0 aliphatic heterocycles. The van der Waals surface area contributed by atoms with Crippen LogP contribution in [0.4, 0.5) is 0 Å². The third kappa shape index (κ3) is 4.29. The van der Waals surface area contributed by atoms with Crippen molar-refractivity contribution in [1.82, 2.24) is 5.32 Å². The van der Waals surface area contributed by atoms with Crippen LogP contribution in [0.2, 0.25) is 0 Å². The van der Waals surface area contributed by atoms with Crippen LogP contribution < -0.4 is 5.32 Å². The lowest BCUT2D eigenvalue weighted by Crippen LogP contribution is -2.27. The molecule has 0 saturated heterocycles. The first kappa shape index (κ1) is 13.9. The van der Waals surface area contributed by atoms with Crippen molar-refractivity contribution in [3.63, 3.8) is 0 Å². The monoisotopic (exact) mass is 263 g/mol. The molecule has 20 heavy (non-hydrogen) atoms. The van der Waals surface area contributed by atoms with Crippen LogP contribution in [-0.4, -0.2) is 12.5 Å². The average Bonchev–Trinajstić information content (AvgIpc) is 2.52. The second-order valence-electron chi connectivity index (χ2n) is 4.61. The quantitative estimate of drug-likeness (QED) is 0.847. The van der Waals surface area contributed by atoms with Crippen LogP contribution >= 0.6 is 0 Å². The Hall–Kier alpha value is -2.53. The standard InChI is InChI=1S/C18H17NO/c1-15(12-13-16-8-4-2-5-9-16)14-19-18(20)17-10-6-3-7-11-17/h2-11,15H,14H2,1H3,(H,19,20)/t15-/m0/s1. The van der Waals surface area contributed by atoms with E-state index in [9.17, 15) is 4.79 Å². The maximum absolute atomic E-state index is 11.9. The number of amides is 1. The van der Waals surface area contributed by atoms with Crippen molar-refractivity contribution in [2.45, 2.75) is 6.92 Å². The maximum Gasteiger partial charge on any atom is 0.251 e. The molecule has 0 radical (unpaired) electrons. The summed E-state index contributed by atoms with van der Waals surface area (Å²) in [7, 11) is 0. The molecule has 0 fully saturated rings. The molecule has 2 aromatic carbocycles. The zero-order chi connectivity index (χ0) is 14.2. The van der Waals surface area contributed by atoms with E-state index in [1.807, 2.05) is 55.5 Å². The van der Waals surface area contributed by atoms with Crippen LogP contribution in [0, 0.1) is 17.8 Å². The first-order valence-electron chi connectivity index (χ1n) is 6.65. The number of carbonyl (C=O) groups excluding carboxylic acids is 1. The lowest BCUT2D eigenvalue weighted by Gasteiger charge is -2.07. The van der Waals surface area contributed by atoms with Gasteiger partial charge in [-0.15, -0.1) is 0 Å². The molecule has 2 rings (SSSR count). The third-order valence-electron chi connectivity index (χ3n) is 2.84. The molecule has 1 atom stereocenters. The van der Waals surface area contributed by atoms with Gasteiger partial charge in [0, 0.05) is 23.6 Å². The number of nitrogens with one attached hydrogen (secondary N) is 1. The van der Waals surface area contributed by atoms with Gasteiger partial charge in [-0.3, -0.25) is 4.79 Å². The van der Waals surface area contributed by atoms with Crippen molar-refractivity contribution in [1.29, 1.82) is 0 Å². The van der Waals surface area contributed by atoms with Crippen molar-refractivity contribution in [3.05, 3.63) is 71.8 Å². The van der Waals surface area contributed by atoms with Gasteiger partial charge in [0.25, 0.3) is 5.91 Å². The zero-order valence-corrected chi connectivity index (χ0v) is 11.5. The van der Waals surface area contributed by atoms with Crippen molar-refractivity contribution in [2.75, 3.05) is 6.54 Å². The molecule has 2 nitrogen and oxygen atoms in total. The van der Waals surface area contributed by atoms with Gasteiger partial charge in [-0.25, -0.2) is 0 Å². The molecule has 100 valence electrons. The number of hydrogen-bond acceptors (Lipinski definition) is 1. The van der Waals surface area contributed by atoms with Crippen LogP contribution in [0.1, 0.15) is 22.8 Å². The Morgan fingerprint density at radius 1 is 1.05 bits per heavy atom. The second kappa shape index (κ2) is 7.16. The molecular weight excluding hydrogens is 246 g/mol. The van der Waals surface area contributed by atoms with Gasteiger partial charge in [-0.2, -0.15) is 0 Å². The van der Waals surface area contributed by atoms with Crippen LogP contribution in [0.5, 0.6) is 0 Å². The minimum Gasteiger partial charge on any atom is -0.351 e. The summed E-state index contributed by atoms with van der Waals surface area (Å²) in [5.41, 5.74) is 1.67. The fourth-order valence-corrected chi connectivity index (χ4v) is 1.72. The van der Waals surface area contributed by atoms with Crippen molar-refractivity contribution in [3.8, 4) is 11.8 Å². The van der Waals surface area contributed by atoms with Crippen LogP contribution in [0.15, 0.2) is 60.7 Å². The van der Waals surface area contributed by atoms with E-state index in [0.717, 1.165) is 5.56 Å². The summed E-state index contributed by atoms with van der Waals surface area (Å²) < 4.78 is 0. The zero-order valence-electron chi connectivity index (χ0n) is 11.5. The summed E-state index contributed by atoms with van der Waals surface area (Å²) in [5.74, 6) is 6.30. The first-order chi connectivity index (χ1) is 9.75. The first-order valence-corrected chi connectivity index (χ1v) is 6.65. The highest BCUT2D eigenvalue weighted by Gasteiger charge is 2.05. The minimum atomic E-state index is -0.0565. The summed E-state index contributed by atoms with van der Waals surface area (Å²) in [5, 5.41) is 2.89. The van der Waals surface area contributed by atoms with Gasteiger partial charge in [-0.05, 0) is 31.2 Å². The fourth-order valence-electron chi connectivity index (χ4n) is 1.72. The van der Waals surface area contributed by atoms with E-state index in [1.165, 1.54) is 0 Å². The Balaban J connectivity index is 1.86. The average molecular weight is 263 g/mol. The Bertz CT molecular complexity index is 608. The molecule has 2 heteroatoms. The van der Waals surface area contributed by atoms with E-state index < -0.39 is 0 Å². The predicted octanol–water partition coefficient (Wildman–Crippen LogP) is 3.10. The van der Waals surface area contributed by atoms with Crippen LogP contribution in [0.3, 0.4) is 0 Å². The molecule has 0 aromatic heterocycles. The Labute approximate surface area is 119 Å². The molecule has 0 spiro atoms. The summed E-state index contributed by atoms with van der Waals surface area (Å²) in [6.07, 6.45) is 0. The van der Waals surface area contributed by atoms with E-state index in [0.29, 0.717) is 12.1 Å². The predicted molar refractivity (Wildman–Crippen MR) is 81.3 cm³/mol. The van der Waals surface area contributed by atoms with E-state index in [2.05, 4.69) is 17.2 Å².